The van der Waals surface area contributed by atoms with Crippen molar-refractivity contribution in [2.24, 2.45) is 17.6 Å². The molecule has 2 unspecified atom stereocenters. The second-order valence-corrected chi connectivity index (χ2v) is 3.94. The molecule has 3 N–H and O–H groups in total. The monoisotopic (exact) mass is 187 g/mol. The first kappa shape index (κ1) is 12.9. The fourth-order valence-corrected chi connectivity index (χ4v) is 1.70. The molecule has 0 heterocycles. The minimum absolute atomic E-state index is 0.249. The molecule has 0 bridgehead atoms. The van der Waals surface area contributed by atoms with Crippen LogP contribution in [0.25, 0.3) is 0 Å². The van der Waals surface area contributed by atoms with Crippen LogP contribution in [0.15, 0.2) is 0 Å². The van der Waals surface area contributed by atoms with E-state index in [0.29, 0.717) is 12.5 Å². The van der Waals surface area contributed by atoms with Gasteiger partial charge in [-0.1, -0.05) is 39.5 Å². The topological polar surface area (TPSA) is 46.2 Å². The standard InChI is InChI=1S/C11H25NO/c1-3-5-6-10(4-2)7-11(8-12)9-13/h10-11,13H,3-9,12H2,1-2H3. The Morgan fingerprint density at radius 1 is 1.23 bits per heavy atom. The van der Waals surface area contributed by atoms with Crippen LogP contribution in [0.3, 0.4) is 0 Å². The molecule has 0 saturated heterocycles. The lowest BCUT2D eigenvalue weighted by molar-refractivity contribution is 0.199. The van der Waals surface area contributed by atoms with E-state index in [1.165, 1.54) is 25.7 Å². The lowest BCUT2D eigenvalue weighted by Gasteiger charge is -2.19. The molecule has 0 aromatic heterocycles. The highest BCUT2D eigenvalue weighted by Crippen LogP contribution is 2.20. The lowest BCUT2D eigenvalue weighted by Crippen LogP contribution is -2.21. The van der Waals surface area contributed by atoms with Crippen LogP contribution in [0, 0.1) is 11.8 Å². The Bertz CT molecular complexity index is 102. The van der Waals surface area contributed by atoms with Gasteiger partial charge >= 0.3 is 0 Å². The molecule has 13 heavy (non-hydrogen) atoms. The summed E-state index contributed by atoms with van der Waals surface area (Å²) in [6.45, 7) is 5.32. The van der Waals surface area contributed by atoms with Crippen LogP contribution >= 0.6 is 0 Å². The molecule has 0 radical (unpaired) electrons. The highest BCUT2D eigenvalue weighted by atomic mass is 16.3. The average molecular weight is 187 g/mol. The molecule has 0 aliphatic rings. The number of hydrogen-bond acceptors (Lipinski definition) is 2. The van der Waals surface area contributed by atoms with Crippen molar-refractivity contribution in [1.82, 2.24) is 0 Å². The Morgan fingerprint density at radius 3 is 2.31 bits per heavy atom. The molecule has 2 atom stereocenters. The number of aliphatic hydroxyl groups is 1. The van der Waals surface area contributed by atoms with Gasteiger partial charge in [-0.05, 0) is 24.8 Å². The first-order chi connectivity index (χ1) is 6.28. The van der Waals surface area contributed by atoms with Gasteiger partial charge in [-0.2, -0.15) is 0 Å². The Hall–Kier alpha value is -0.0800. The summed E-state index contributed by atoms with van der Waals surface area (Å²) in [5.74, 6) is 1.09. The van der Waals surface area contributed by atoms with Gasteiger partial charge in [-0.3, -0.25) is 0 Å². The first-order valence-electron chi connectivity index (χ1n) is 5.59. The molecule has 0 saturated carbocycles. The molecule has 2 heteroatoms. The summed E-state index contributed by atoms with van der Waals surface area (Å²) in [4.78, 5) is 0. The summed E-state index contributed by atoms with van der Waals surface area (Å²) in [5, 5.41) is 9.02. The molecule has 80 valence electrons. The van der Waals surface area contributed by atoms with Gasteiger partial charge in [-0.15, -0.1) is 0 Å². The van der Waals surface area contributed by atoms with E-state index in [2.05, 4.69) is 13.8 Å². The van der Waals surface area contributed by atoms with Crippen molar-refractivity contribution in [2.75, 3.05) is 13.2 Å². The summed E-state index contributed by atoms with van der Waals surface area (Å²) in [6.07, 6.45) is 6.19. The zero-order valence-electron chi connectivity index (χ0n) is 9.13. The molecule has 0 amide bonds. The summed E-state index contributed by atoms with van der Waals surface area (Å²) >= 11 is 0. The maximum atomic E-state index is 9.02. The predicted molar refractivity (Wildman–Crippen MR) is 57.6 cm³/mol. The van der Waals surface area contributed by atoms with Gasteiger partial charge in [0.15, 0.2) is 0 Å². The molecule has 0 aliphatic carbocycles. The van der Waals surface area contributed by atoms with E-state index in [0.717, 1.165) is 12.3 Å². The summed E-state index contributed by atoms with van der Waals surface area (Å²) in [6, 6.07) is 0. The lowest BCUT2D eigenvalue weighted by atomic mass is 9.89. The molecule has 0 spiro atoms. The third-order valence-electron chi connectivity index (χ3n) is 2.80. The quantitative estimate of drug-likeness (QED) is 0.611. The SMILES string of the molecule is CCCCC(CC)CC(CN)CO. The van der Waals surface area contributed by atoms with E-state index >= 15 is 0 Å². The van der Waals surface area contributed by atoms with Crippen molar-refractivity contribution in [2.45, 2.75) is 46.0 Å². The molecule has 0 rings (SSSR count). The number of unbranched alkanes of at least 4 members (excludes halogenated alkanes) is 1. The second kappa shape index (κ2) is 8.52. The minimum atomic E-state index is 0.249. The molecule has 0 aliphatic heterocycles. The Morgan fingerprint density at radius 2 is 1.92 bits per heavy atom. The van der Waals surface area contributed by atoms with Gasteiger partial charge in [-0.25, -0.2) is 0 Å². The minimum Gasteiger partial charge on any atom is -0.396 e. The average Bonchev–Trinajstić information content (AvgIpc) is 2.19. The highest BCUT2D eigenvalue weighted by Gasteiger charge is 2.12. The number of hydrogen-bond donors (Lipinski definition) is 2. The van der Waals surface area contributed by atoms with Crippen molar-refractivity contribution in [1.29, 1.82) is 0 Å². The van der Waals surface area contributed by atoms with Gasteiger partial charge in [0, 0.05) is 6.61 Å². The molecule has 0 aromatic carbocycles. The van der Waals surface area contributed by atoms with E-state index in [-0.39, 0.29) is 6.61 Å². The van der Waals surface area contributed by atoms with Crippen LogP contribution in [0.1, 0.15) is 46.0 Å². The molecule has 0 aromatic rings. The molecular weight excluding hydrogens is 162 g/mol. The van der Waals surface area contributed by atoms with Gasteiger partial charge in [0.2, 0.25) is 0 Å². The second-order valence-electron chi connectivity index (χ2n) is 3.94. The molecular formula is C11H25NO. The van der Waals surface area contributed by atoms with Gasteiger partial charge in [0.05, 0.1) is 0 Å². The Kier molecular flexibility index (Phi) is 8.46. The summed E-state index contributed by atoms with van der Waals surface area (Å²) < 4.78 is 0. The van der Waals surface area contributed by atoms with Crippen LogP contribution in [0.5, 0.6) is 0 Å². The summed E-state index contributed by atoms with van der Waals surface area (Å²) in [7, 11) is 0. The first-order valence-corrected chi connectivity index (χ1v) is 5.59. The van der Waals surface area contributed by atoms with Crippen LogP contribution in [-0.2, 0) is 0 Å². The van der Waals surface area contributed by atoms with E-state index in [1.54, 1.807) is 0 Å². The third-order valence-corrected chi connectivity index (χ3v) is 2.80. The smallest absolute Gasteiger partial charge is 0.0471 e. The molecule has 0 fully saturated rings. The highest BCUT2D eigenvalue weighted by molar-refractivity contribution is 4.65. The van der Waals surface area contributed by atoms with Crippen molar-refractivity contribution >= 4 is 0 Å². The Balaban J connectivity index is 3.67. The van der Waals surface area contributed by atoms with E-state index in [1.807, 2.05) is 0 Å². The van der Waals surface area contributed by atoms with E-state index in [4.69, 9.17) is 10.8 Å². The van der Waals surface area contributed by atoms with Crippen molar-refractivity contribution in [3.05, 3.63) is 0 Å². The fraction of sp³-hybridized carbons (Fsp3) is 1.00. The van der Waals surface area contributed by atoms with Crippen LogP contribution < -0.4 is 5.73 Å². The van der Waals surface area contributed by atoms with E-state index < -0.39 is 0 Å². The largest absolute Gasteiger partial charge is 0.396 e. The van der Waals surface area contributed by atoms with Gasteiger partial charge in [0.25, 0.3) is 0 Å². The van der Waals surface area contributed by atoms with Crippen LogP contribution in [0.2, 0.25) is 0 Å². The summed E-state index contributed by atoms with van der Waals surface area (Å²) in [5.41, 5.74) is 5.55. The van der Waals surface area contributed by atoms with E-state index in [9.17, 15) is 0 Å². The Labute approximate surface area is 82.5 Å². The maximum Gasteiger partial charge on any atom is 0.0471 e. The van der Waals surface area contributed by atoms with Crippen molar-refractivity contribution in [3.63, 3.8) is 0 Å². The number of nitrogens with two attached hydrogens (primary N) is 1. The van der Waals surface area contributed by atoms with Gasteiger partial charge < -0.3 is 10.8 Å². The van der Waals surface area contributed by atoms with Crippen molar-refractivity contribution < 1.29 is 5.11 Å². The van der Waals surface area contributed by atoms with Crippen LogP contribution in [0.4, 0.5) is 0 Å². The zero-order valence-corrected chi connectivity index (χ0v) is 9.13. The van der Waals surface area contributed by atoms with Crippen molar-refractivity contribution in [3.8, 4) is 0 Å². The normalized spacial score (nSPS) is 15.7. The number of aliphatic hydroxyl groups excluding tert-OH is 1. The third kappa shape index (κ3) is 6.05. The maximum absolute atomic E-state index is 9.02. The van der Waals surface area contributed by atoms with Gasteiger partial charge in [0.1, 0.15) is 0 Å². The molecule has 2 nitrogen and oxygen atoms in total. The number of rotatable bonds is 8. The fourth-order valence-electron chi connectivity index (χ4n) is 1.70. The predicted octanol–water partition coefficient (Wildman–Crippen LogP) is 2.16. The van der Waals surface area contributed by atoms with Crippen LogP contribution in [-0.4, -0.2) is 18.3 Å². The zero-order chi connectivity index (χ0) is 10.1.